The number of hydrogen-bond donors (Lipinski definition) is 2. The van der Waals surface area contributed by atoms with Gasteiger partial charge in [-0.05, 0) is 22.4 Å². The smallest absolute Gasteiger partial charge is 0.241 e. The molecule has 19 heavy (non-hydrogen) atoms. The van der Waals surface area contributed by atoms with E-state index >= 15 is 0 Å². The van der Waals surface area contributed by atoms with Crippen LogP contribution in [0.5, 0.6) is 0 Å². The molecule has 0 saturated heterocycles. The van der Waals surface area contributed by atoms with E-state index in [0.717, 1.165) is 5.56 Å². The van der Waals surface area contributed by atoms with Gasteiger partial charge in [-0.1, -0.05) is 30.3 Å². The molecular formula is C12H16N6O. The Balaban J connectivity index is 1.70. The Morgan fingerprint density at radius 2 is 2.16 bits per heavy atom. The molecule has 2 rings (SSSR count). The summed E-state index contributed by atoms with van der Waals surface area (Å²) >= 11 is 0. The van der Waals surface area contributed by atoms with E-state index in [4.69, 9.17) is 5.73 Å². The molecule has 1 unspecified atom stereocenters. The average Bonchev–Trinajstić information content (AvgIpc) is 2.92. The Labute approximate surface area is 110 Å². The maximum atomic E-state index is 11.6. The first-order chi connectivity index (χ1) is 9.25. The third-order valence-corrected chi connectivity index (χ3v) is 2.70. The lowest BCUT2D eigenvalue weighted by Crippen LogP contribution is -2.30. The molecule has 7 nitrogen and oxygen atoms in total. The molecule has 0 saturated carbocycles. The van der Waals surface area contributed by atoms with Crippen molar-refractivity contribution in [1.29, 1.82) is 0 Å². The average molecular weight is 260 g/mol. The van der Waals surface area contributed by atoms with Crippen molar-refractivity contribution in [2.75, 3.05) is 6.54 Å². The van der Waals surface area contributed by atoms with E-state index in [0.29, 0.717) is 13.0 Å². The fraction of sp³-hybridized carbons (Fsp3) is 0.333. The number of carbonyl (C=O) groups excluding carboxylic acids is 1. The first kappa shape index (κ1) is 13.2. The van der Waals surface area contributed by atoms with Gasteiger partial charge in [0, 0.05) is 12.6 Å². The number of nitrogens with one attached hydrogen (secondary N) is 1. The second-order valence-electron chi connectivity index (χ2n) is 4.16. The fourth-order valence-corrected chi connectivity index (χ4v) is 1.69. The van der Waals surface area contributed by atoms with Gasteiger partial charge in [-0.15, -0.1) is 5.10 Å². The van der Waals surface area contributed by atoms with Crippen LogP contribution in [0.1, 0.15) is 18.0 Å². The van der Waals surface area contributed by atoms with Gasteiger partial charge in [0.1, 0.15) is 12.9 Å². The quantitative estimate of drug-likeness (QED) is 0.754. The van der Waals surface area contributed by atoms with E-state index in [1.807, 2.05) is 30.3 Å². The van der Waals surface area contributed by atoms with Gasteiger partial charge < -0.3 is 11.1 Å². The highest BCUT2D eigenvalue weighted by Crippen LogP contribution is 2.11. The van der Waals surface area contributed by atoms with Crippen LogP contribution in [0, 0.1) is 0 Å². The number of nitrogens with zero attached hydrogens (tertiary/aromatic N) is 4. The minimum atomic E-state index is -0.132. The number of hydrogen-bond acceptors (Lipinski definition) is 5. The molecule has 3 N–H and O–H groups in total. The van der Waals surface area contributed by atoms with Gasteiger partial charge in [0.05, 0.1) is 0 Å². The van der Waals surface area contributed by atoms with Gasteiger partial charge in [0.2, 0.25) is 5.91 Å². The minimum Gasteiger partial charge on any atom is -0.354 e. The summed E-state index contributed by atoms with van der Waals surface area (Å²) in [7, 11) is 0. The number of carbonyl (C=O) groups is 1. The van der Waals surface area contributed by atoms with Crippen LogP contribution in [-0.2, 0) is 11.3 Å². The number of amides is 1. The third kappa shape index (κ3) is 4.14. The lowest BCUT2D eigenvalue weighted by molar-refractivity contribution is -0.121. The van der Waals surface area contributed by atoms with E-state index in [1.165, 1.54) is 11.0 Å². The molecule has 2 aromatic rings. The summed E-state index contributed by atoms with van der Waals surface area (Å²) in [6.45, 7) is 0.643. The minimum absolute atomic E-state index is 0.0745. The zero-order valence-corrected chi connectivity index (χ0v) is 10.4. The normalized spacial score (nSPS) is 12.1. The number of benzene rings is 1. The SMILES string of the molecule is NC(CCNC(=O)Cn1cnnn1)c1ccccc1. The lowest BCUT2D eigenvalue weighted by Gasteiger charge is -2.12. The Hall–Kier alpha value is -2.28. The number of tetrazole rings is 1. The summed E-state index contributed by atoms with van der Waals surface area (Å²) in [5.41, 5.74) is 7.10. The zero-order valence-electron chi connectivity index (χ0n) is 10.4. The van der Waals surface area contributed by atoms with Crippen LogP contribution in [0.15, 0.2) is 36.7 Å². The van der Waals surface area contributed by atoms with Gasteiger partial charge >= 0.3 is 0 Å². The van der Waals surface area contributed by atoms with Crippen molar-refractivity contribution >= 4 is 5.91 Å². The maximum Gasteiger partial charge on any atom is 0.241 e. The van der Waals surface area contributed by atoms with Gasteiger partial charge in [-0.3, -0.25) is 4.79 Å². The van der Waals surface area contributed by atoms with Crippen molar-refractivity contribution in [3.63, 3.8) is 0 Å². The van der Waals surface area contributed by atoms with Crippen molar-refractivity contribution in [3.05, 3.63) is 42.2 Å². The van der Waals surface area contributed by atoms with E-state index < -0.39 is 0 Å². The van der Waals surface area contributed by atoms with Crippen molar-refractivity contribution in [2.24, 2.45) is 5.73 Å². The molecule has 1 heterocycles. The van der Waals surface area contributed by atoms with Gasteiger partial charge in [0.25, 0.3) is 0 Å². The van der Waals surface area contributed by atoms with Crippen LogP contribution in [0.25, 0.3) is 0 Å². The molecule has 0 aliphatic rings. The summed E-state index contributed by atoms with van der Waals surface area (Å²) in [5, 5.41) is 13.3. The molecular weight excluding hydrogens is 244 g/mol. The second kappa shape index (κ2) is 6.60. The summed E-state index contributed by atoms with van der Waals surface area (Å²) in [5.74, 6) is -0.132. The van der Waals surface area contributed by atoms with Crippen LogP contribution < -0.4 is 11.1 Å². The molecule has 0 radical (unpaired) electrons. The second-order valence-corrected chi connectivity index (χ2v) is 4.16. The standard InChI is InChI=1S/C12H16N6O/c13-11(10-4-2-1-3-5-10)6-7-14-12(19)8-18-9-15-16-17-18/h1-5,9,11H,6-8,13H2,(H,14,19). The van der Waals surface area contributed by atoms with Crippen LogP contribution >= 0.6 is 0 Å². The summed E-state index contributed by atoms with van der Waals surface area (Å²) < 4.78 is 1.37. The first-order valence-corrected chi connectivity index (χ1v) is 6.03. The Kier molecular flexibility index (Phi) is 4.57. The molecule has 1 aromatic carbocycles. The van der Waals surface area contributed by atoms with Crippen LogP contribution in [0.2, 0.25) is 0 Å². The molecule has 100 valence electrons. The van der Waals surface area contributed by atoms with Crippen molar-refractivity contribution in [1.82, 2.24) is 25.5 Å². The predicted molar refractivity (Wildman–Crippen MR) is 68.8 cm³/mol. The molecule has 7 heteroatoms. The number of aromatic nitrogens is 4. The van der Waals surface area contributed by atoms with Gasteiger partial charge in [-0.25, -0.2) is 4.68 Å². The molecule has 0 bridgehead atoms. The summed E-state index contributed by atoms with van der Waals surface area (Å²) in [6, 6.07) is 9.73. The summed E-state index contributed by atoms with van der Waals surface area (Å²) in [4.78, 5) is 11.6. The molecule has 0 aliphatic carbocycles. The highest BCUT2D eigenvalue weighted by molar-refractivity contribution is 5.75. The maximum absolute atomic E-state index is 11.6. The topological polar surface area (TPSA) is 98.7 Å². The van der Waals surface area contributed by atoms with Crippen LogP contribution in [0.4, 0.5) is 0 Å². The van der Waals surface area contributed by atoms with Crippen molar-refractivity contribution in [2.45, 2.75) is 19.0 Å². The number of rotatable bonds is 6. The molecule has 1 amide bonds. The fourth-order valence-electron chi connectivity index (χ4n) is 1.69. The molecule has 0 spiro atoms. The van der Waals surface area contributed by atoms with Crippen LogP contribution in [0.3, 0.4) is 0 Å². The van der Waals surface area contributed by atoms with E-state index in [-0.39, 0.29) is 18.5 Å². The largest absolute Gasteiger partial charge is 0.354 e. The molecule has 1 aromatic heterocycles. The molecule has 0 aliphatic heterocycles. The third-order valence-electron chi connectivity index (χ3n) is 2.70. The van der Waals surface area contributed by atoms with Gasteiger partial charge in [-0.2, -0.15) is 0 Å². The summed E-state index contributed by atoms with van der Waals surface area (Å²) in [6.07, 6.45) is 2.08. The van der Waals surface area contributed by atoms with Crippen molar-refractivity contribution < 1.29 is 4.79 Å². The monoisotopic (exact) mass is 260 g/mol. The highest BCUT2D eigenvalue weighted by Gasteiger charge is 2.07. The van der Waals surface area contributed by atoms with Crippen LogP contribution in [-0.4, -0.2) is 32.7 Å². The van der Waals surface area contributed by atoms with E-state index in [1.54, 1.807) is 0 Å². The number of nitrogens with two attached hydrogens (primary N) is 1. The Morgan fingerprint density at radius 1 is 1.37 bits per heavy atom. The van der Waals surface area contributed by atoms with E-state index in [2.05, 4.69) is 20.8 Å². The van der Waals surface area contributed by atoms with Crippen molar-refractivity contribution in [3.8, 4) is 0 Å². The highest BCUT2D eigenvalue weighted by atomic mass is 16.2. The molecule has 0 fully saturated rings. The first-order valence-electron chi connectivity index (χ1n) is 6.03. The van der Waals surface area contributed by atoms with E-state index in [9.17, 15) is 4.79 Å². The lowest BCUT2D eigenvalue weighted by atomic mass is 10.1. The predicted octanol–water partition coefficient (Wildman–Crippen LogP) is -0.121. The Morgan fingerprint density at radius 3 is 2.84 bits per heavy atom. The Bertz CT molecular complexity index is 498. The molecule has 1 atom stereocenters. The zero-order chi connectivity index (χ0) is 13.5. The van der Waals surface area contributed by atoms with Gasteiger partial charge in [0.15, 0.2) is 0 Å².